The second kappa shape index (κ2) is 7.58. The van der Waals surface area contributed by atoms with E-state index < -0.39 is 12.4 Å². The molecule has 142 valence electrons. The number of likely N-dealkylation sites (tertiary alicyclic amines) is 1. The smallest absolute Gasteiger partial charge is 0.220 e. The minimum Gasteiger partial charge on any atom is -0.390 e. The van der Waals surface area contributed by atoms with E-state index in [-0.39, 0.29) is 30.0 Å². The third kappa shape index (κ3) is 3.47. The number of aliphatic hydroxyl groups excluding tert-OH is 1. The molecule has 1 aromatic rings. The van der Waals surface area contributed by atoms with Gasteiger partial charge in [-0.05, 0) is 38.1 Å². The molecule has 3 saturated heterocycles. The Bertz CT molecular complexity index is 623. The number of hydrogen-bond acceptors (Lipinski definition) is 7. The fourth-order valence-corrected chi connectivity index (χ4v) is 4.25. The van der Waals surface area contributed by atoms with Gasteiger partial charge in [-0.1, -0.05) is 6.07 Å². The van der Waals surface area contributed by atoms with Crippen LogP contribution in [0.15, 0.2) is 24.4 Å². The standard InChI is InChI=1S/C18H26N4O4/c19-17(24)11-4-7-22(8-5-11)15-16(23)14(13-10-25-18(15)26-13)21-9-12-3-1-2-6-20-12/h1-3,6,11,13-16,18,21,23H,4-5,7-10H2,(H2,19,24)/t13-,14-,15-,16+,18-/m1/s1. The molecule has 0 unspecified atom stereocenters. The first-order chi connectivity index (χ1) is 12.6. The van der Waals surface area contributed by atoms with Gasteiger partial charge in [-0.25, -0.2) is 0 Å². The number of carbonyl (C=O) groups is 1. The fourth-order valence-electron chi connectivity index (χ4n) is 4.25. The van der Waals surface area contributed by atoms with E-state index in [2.05, 4.69) is 15.2 Å². The van der Waals surface area contributed by atoms with Gasteiger partial charge < -0.3 is 25.6 Å². The lowest BCUT2D eigenvalue weighted by Gasteiger charge is -2.45. The van der Waals surface area contributed by atoms with E-state index >= 15 is 0 Å². The molecule has 0 radical (unpaired) electrons. The highest BCUT2D eigenvalue weighted by molar-refractivity contribution is 5.76. The molecule has 3 aliphatic heterocycles. The molecule has 26 heavy (non-hydrogen) atoms. The zero-order valence-electron chi connectivity index (χ0n) is 14.7. The first-order valence-corrected chi connectivity index (χ1v) is 9.25. The summed E-state index contributed by atoms with van der Waals surface area (Å²) >= 11 is 0. The summed E-state index contributed by atoms with van der Waals surface area (Å²) in [5, 5.41) is 14.4. The molecule has 0 spiro atoms. The number of carbonyl (C=O) groups excluding carboxylic acids is 1. The van der Waals surface area contributed by atoms with Crippen LogP contribution < -0.4 is 11.1 Å². The monoisotopic (exact) mass is 362 g/mol. The minimum atomic E-state index is -0.616. The maximum atomic E-state index is 11.4. The predicted molar refractivity (Wildman–Crippen MR) is 92.8 cm³/mol. The van der Waals surface area contributed by atoms with E-state index in [9.17, 15) is 9.90 Å². The molecule has 3 fully saturated rings. The summed E-state index contributed by atoms with van der Waals surface area (Å²) < 4.78 is 11.8. The molecule has 8 heteroatoms. The van der Waals surface area contributed by atoms with E-state index in [0.717, 1.165) is 5.69 Å². The number of hydrogen-bond donors (Lipinski definition) is 3. The molecular formula is C18H26N4O4. The number of rotatable bonds is 5. The normalized spacial score (nSPS) is 35.5. The van der Waals surface area contributed by atoms with Crippen LogP contribution in [0.5, 0.6) is 0 Å². The number of amides is 1. The Kier molecular flexibility index (Phi) is 5.19. The highest BCUT2D eigenvalue weighted by atomic mass is 16.7. The van der Waals surface area contributed by atoms with Crippen molar-refractivity contribution in [2.75, 3.05) is 19.7 Å². The fraction of sp³-hybridized carbons (Fsp3) is 0.667. The molecule has 0 aromatic carbocycles. The van der Waals surface area contributed by atoms with Crippen LogP contribution in [0.25, 0.3) is 0 Å². The maximum Gasteiger partial charge on any atom is 0.220 e. The van der Waals surface area contributed by atoms with Gasteiger partial charge in [-0.2, -0.15) is 0 Å². The largest absolute Gasteiger partial charge is 0.390 e. The van der Waals surface area contributed by atoms with Crippen molar-refractivity contribution in [3.63, 3.8) is 0 Å². The maximum absolute atomic E-state index is 11.4. The molecule has 1 amide bonds. The van der Waals surface area contributed by atoms with Gasteiger partial charge in [-0.3, -0.25) is 14.7 Å². The lowest BCUT2D eigenvalue weighted by Crippen LogP contribution is -2.65. The van der Waals surface area contributed by atoms with Crippen LogP contribution in [-0.4, -0.2) is 71.2 Å². The van der Waals surface area contributed by atoms with Gasteiger partial charge in [0.05, 0.1) is 30.5 Å². The van der Waals surface area contributed by atoms with Gasteiger partial charge in [0, 0.05) is 18.7 Å². The summed E-state index contributed by atoms with van der Waals surface area (Å²) in [5.74, 6) is -0.319. The number of nitrogens with two attached hydrogens (primary N) is 1. The topological polar surface area (TPSA) is 110 Å². The van der Waals surface area contributed by atoms with E-state index in [1.165, 1.54) is 0 Å². The number of piperidine rings is 1. The number of fused-ring (bicyclic) bond motifs is 2. The third-order valence-electron chi connectivity index (χ3n) is 5.73. The van der Waals surface area contributed by atoms with Crippen molar-refractivity contribution in [1.82, 2.24) is 15.2 Å². The number of nitrogens with one attached hydrogen (secondary N) is 1. The average molecular weight is 362 g/mol. The van der Waals surface area contributed by atoms with Crippen LogP contribution >= 0.6 is 0 Å². The number of pyridine rings is 1. The second-order valence-corrected chi connectivity index (χ2v) is 7.30. The number of ether oxygens (including phenoxy) is 2. The van der Waals surface area contributed by atoms with Crippen LogP contribution in [0.1, 0.15) is 18.5 Å². The molecule has 0 aliphatic carbocycles. The molecular weight excluding hydrogens is 336 g/mol. The van der Waals surface area contributed by atoms with Crippen molar-refractivity contribution in [2.24, 2.45) is 11.7 Å². The van der Waals surface area contributed by atoms with Gasteiger partial charge in [-0.15, -0.1) is 0 Å². The molecule has 1 aromatic heterocycles. The van der Waals surface area contributed by atoms with E-state index in [1.807, 2.05) is 18.2 Å². The Morgan fingerprint density at radius 1 is 1.38 bits per heavy atom. The van der Waals surface area contributed by atoms with Gasteiger partial charge >= 0.3 is 0 Å². The van der Waals surface area contributed by atoms with E-state index in [1.54, 1.807) is 6.20 Å². The van der Waals surface area contributed by atoms with Gasteiger partial charge in [0.25, 0.3) is 0 Å². The van der Waals surface area contributed by atoms with Gasteiger partial charge in [0.15, 0.2) is 6.29 Å². The number of primary amides is 1. The average Bonchev–Trinajstić information content (AvgIpc) is 3.08. The van der Waals surface area contributed by atoms with Crippen molar-refractivity contribution >= 4 is 5.91 Å². The first kappa shape index (κ1) is 17.8. The van der Waals surface area contributed by atoms with Gasteiger partial charge in [0.1, 0.15) is 6.10 Å². The summed E-state index contributed by atoms with van der Waals surface area (Å²) in [5.41, 5.74) is 6.34. The molecule has 8 nitrogen and oxygen atoms in total. The van der Waals surface area contributed by atoms with Crippen molar-refractivity contribution in [2.45, 2.75) is 50.0 Å². The number of aromatic nitrogens is 1. The summed E-state index contributed by atoms with van der Waals surface area (Å²) in [6.45, 7) is 2.44. The summed E-state index contributed by atoms with van der Waals surface area (Å²) in [7, 11) is 0. The summed E-state index contributed by atoms with van der Waals surface area (Å²) in [6, 6.07) is 5.29. The predicted octanol–water partition coefficient (Wildman–Crippen LogP) is -0.778. The van der Waals surface area contributed by atoms with Crippen molar-refractivity contribution < 1.29 is 19.4 Å². The highest BCUT2D eigenvalue weighted by Crippen LogP contribution is 2.33. The second-order valence-electron chi connectivity index (χ2n) is 7.30. The summed E-state index contributed by atoms with van der Waals surface area (Å²) in [6.07, 6.45) is 1.97. The van der Waals surface area contributed by atoms with Crippen molar-refractivity contribution in [3.05, 3.63) is 30.1 Å². The van der Waals surface area contributed by atoms with Crippen LogP contribution in [0.3, 0.4) is 0 Å². The molecule has 3 aliphatic rings. The third-order valence-corrected chi connectivity index (χ3v) is 5.73. The molecule has 0 saturated carbocycles. The Morgan fingerprint density at radius 2 is 2.19 bits per heavy atom. The number of aliphatic hydroxyl groups is 1. The van der Waals surface area contributed by atoms with Crippen LogP contribution in [0.4, 0.5) is 0 Å². The lowest BCUT2D eigenvalue weighted by molar-refractivity contribution is -0.186. The van der Waals surface area contributed by atoms with Crippen LogP contribution in [0, 0.1) is 5.92 Å². The number of nitrogens with zero attached hydrogens (tertiary/aromatic N) is 2. The molecule has 4 rings (SSSR count). The Morgan fingerprint density at radius 3 is 2.88 bits per heavy atom. The lowest BCUT2D eigenvalue weighted by atomic mass is 9.90. The van der Waals surface area contributed by atoms with Crippen molar-refractivity contribution in [3.8, 4) is 0 Å². The minimum absolute atomic E-state index is 0.0803. The van der Waals surface area contributed by atoms with Crippen LogP contribution in [-0.2, 0) is 20.8 Å². The SMILES string of the molecule is NC(=O)C1CCN([C@H]2[C@@H]3OC[C@@H](O3)[C@@H](NCc3ccccn3)[C@@H]2O)CC1. The van der Waals surface area contributed by atoms with E-state index in [0.29, 0.717) is 39.1 Å². The molecule has 4 heterocycles. The zero-order valence-corrected chi connectivity index (χ0v) is 14.7. The molecule has 5 atom stereocenters. The molecule has 4 N–H and O–H groups in total. The Labute approximate surface area is 152 Å². The van der Waals surface area contributed by atoms with Gasteiger partial charge in [0.2, 0.25) is 5.91 Å². The molecule has 2 bridgehead atoms. The Balaban J connectivity index is 1.42. The quantitative estimate of drug-likeness (QED) is 0.630. The van der Waals surface area contributed by atoms with Crippen LogP contribution in [0.2, 0.25) is 0 Å². The zero-order chi connectivity index (χ0) is 18.1. The van der Waals surface area contributed by atoms with Crippen molar-refractivity contribution in [1.29, 1.82) is 0 Å². The summed E-state index contributed by atoms with van der Waals surface area (Å²) in [4.78, 5) is 17.9. The first-order valence-electron chi connectivity index (χ1n) is 9.25. The van der Waals surface area contributed by atoms with E-state index in [4.69, 9.17) is 15.2 Å². The Hall–Kier alpha value is -1.58. The highest BCUT2D eigenvalue weighted by Gasteiger charge is 2.52.